The van der Waals surface area contributed by atoms with Crippen molar-refractivity contribution in [3.8, 4) is 0 Å². The van der Waals surface area contributed by atoms with Crippen LogP contribution in [-0.2, 0) is 19.1 Å². The molecule has 0 saturated carbocycles. The van der Waals surface area contributed by atoms with Gasteiger partial charge < -0.3 is 9.47 Å². The lowest BCUT2D eigenvalue weighted by Crippen LogP contribution is -2.36. The number of carbonyl (C=O) groups is 2. The van der Waals surface area contributed by atoms with Gasteiger partial charge in [-0.1, -0.05) is 99.1 Å². The summed E-state index contributed by atoms with van der Waals surface area (Å²) in [7, 11) is 0. The van der Waals surface area contributed by atoms with Gasteiger partial charge in [0.1, 0.15) is 0 Å². The van der Waals surface area contributed by atoms with Gasteiger partial charge in [-0.15, -0.1) is 0 Å². The first-order valence-electron chi connectivity index (χ1n) is 13.6. The van der Waals surface area contributed by atoms with Crippen LogP contribution in [0.3, 0.4) is 0 Å². The number of hydrogen-bond donors (Lipinski definition) is 0. The highest BCUT2D eigenvalue weighted by Crippen LogP contribution is 2.32. The second-order valence-electron chi connectivity index (χ2n) is 11.1. The first kappa shape index (κ1) is 31.7. The fourth-order valence-corrected chi connectivity index (χ4v) is 3.97. The first-order chi connectivity index (χ1) is 15.5. The molecule has 0 heterocycles. The summed E-state index contributed by atoms with van der Waals surface area (Å²) < 4.78 is 11.2. The van der Waals surface area contributed by atoms with Crippen LogP contribution in [0, 0.1) is 16.7 Å². The molecule has 3 atom stereocenters. The van der Waals surface area contributed by atoms with E-state index in [4.69, 9.17) is 9.47 Å². The number of ether oxygens (including phenoxy) is 2. The Balaban J connectivity index is 5.20. The summed E-state index contributed by atoms with van der Waals surface area (Å²) in [5.41, 5.74) is 0.201. The Bertz CT molecular complexity index is 560. The predicted octanol–water partition coefficient (Wildman–Crippen LogP) is 8.43. The summed E-state index contributed by atoms with van der Waals surface area (Å²) in [6, 6.07) is 0. The average Bonchev–Trinajstić information content (AvgIpc) is 2.75. The third-order valence-electron chi connectivity index (χ3n) is 6.52. The van der Waals surface area contributed by atoms with Crippen molar-refractivity contribution in [2.45, 2.75) is 139 Å². The van der Waals surface area contributed by atoms with E-state index in [9.17, 15) is 9.59 Å². The highest BCUT2D eigenvalue weighted by molar-refractivity contribution is 5.79. The molecule has 194 valence electrons. The molecule has 0 aromatic carbocycles. The summed E-state index contributed by atoms with van der Waals surface area (Å²) in [5.74, 6) is -0.633. The molecule has 4 nitrogen and oxygen atoms in total. The smallest absolute Gasteiger partial charge is 0.347 e. The topological polar surface area (TPSA) is 52.6 Å². The van der Waals surface area contributed by atoms with Crippen LogP contribution in [-0.4, -0.2) is 24.6 Å². The third-order valence-corrected chi connectivity index (χ3v) is 6.52. The van der Waals surface area contributed by atoms with Gasteiger partial charge in [0.05, 0.1) is 6.61 Å². The zero-order chi connectivity index (χ0) is 25.3. The van der Waals surface area contributed by atoms with Crippen LogP contribution in [0.4, 0.5) is 0 Å². The van der Waals surface area contributed by atoms with Gasteiger partial charge >= 0.3 is 11.9 Å². The zero-order valence-electron chi connectivity index (χ0n) is 23.1. The summed E-state index contributed by atoms with van der Waals surface area (Å²) in [4.78, 5) is 25.6. The van der Waals surface area contributed by atoms with Crippen molar-refractivity contribution < 1.29 is 19.1 Å². The van der Waals surface area contributed by atoms with Gasteiger partial charge in [-0.2, -0.15) is 0 Å². The molecule has 0 amide bonds. The van der Waals surface area contributed by atoms with E-state index < -0.39 is 6.10 Å². The molecule has 0 aromatic heterocycles. The van der Waals surface area contributed by atoms with E-state index in [1.807, 2.05) is 0 Å². The maximum absolute atomic E-state index is 12.9. The minimum atomic E-state index is -0.782. The van der Waals surface area contributed by atoms with Crippen LogP contribution in [0.5, 0.6) is 0 Å². The minimum absolute atomic E-state index is 0.0362. The highest BCUT2D eigenvalue weighted by atomic mass is 16.6. The number of esters is 2. The van der Waals surface area contributed by atoms with E-state index in [-0.39, 0.29) is 28.7 Å². The Hall–Kier alpha value is -1.32. The monoisotopic (exact) mass is 466 g/mol. The van der Waals surface area contributed by atoms with E-state index in [1.54, 1.807) is 6.92 Å². The van der Waals surface area contributed by atoms with Crippen molar-refractivity contribution >= 4 is 11.9 Å². The van der Waals surface area contributed by atoms with Crippen LogP contribution in [0.25, 0.3) is 0 Å². The van der Waals surface area contributed by atoms with Gasteiger partial charge in [-0.25, -0.2) is 4.79 Å². The van der Waals surface area contributed by atoms with E-state index in [0.717, 1.165) is 51.4 Å². The molecule has 0 fully saturated rings. The normalized spacial score (nSPS) is 15.8. The number of unbranched alkanes of at least 4 members (excludes halogenated alkanes) is 4. The third kappa shape index (κ3) is 15.2. The molecular weight excluding hydrogens is 412 g/mol. The van der Waals surface area contributed by atoms with Gasteiger partial charge in [0.15, 0.2) is 0 Å². The predicted molar refractivity (Wildman–Crippen MR) is 139 cm³/mol. The fraction of sp³-hybridized carbons (Fsp3) is 0.862. The largest absolute Gasteiger partial charge is 0.463 e. The Labute approximate surface area is 205 Å². The van der Waals surface area contributed by atoms with Crippen LogP contribution in [0.1, 0.15) is 132 Å². The quantitative estimate of drug-likeness (QED) is 0.115. The maximum Gasteiger partial charge on any atom is 0.347 e. The van der Waals surface area contributed by atoms with Crippen LogP contribution < -0.4 is 0 Å². The summed E-state index contributed by atoms with van der Waals surface area (Å²) in [5, 5.41) is 0. The Morgan fingerprint density at radius 1 is 0.879 bits per heavy atom. The summed E-state index contributed by atoms with van der Waals surface area (Å²) >= 11 is 0. The molecule has 33 heavy (non-hydrogen) atoms. The Morgan fingerprint density at radius 3 is 2.06 bits per heavy atom. The summed E-state index contributed by atoms with van der Waals surface area (Å²) in [6.45, 7) is 17.5. The molecular formula is C29H54O4. The van der Waals surface area contributed by atoms with Crippen LogP contribution in [0.2, 0.25) is 0 Å². The fourth-order valence-electron chi connectivity index (χ4n) is 3.97. The van der Waals surface area contributed by atoms with Crippen molar-refractivity contribution in [2.75, 3.05) is 6.61 Å². The number of rotatable bonds is 18. The standard InChI is InChI=1S/C29H54O4/c1-9-13-15-16-19-24(18-14-10-2)26(27(31)32-12-4)33-25(30)20-23-29(8,11-3)22-17-21-28(5,6)7/h17,22,24,26H,9-16,18-21,23H2,1-8H3/b22-17-/t24-,26?,29?/m1/s1. The van der Waals surface area contributed by atoms with Gasteiger partial charge in [0.2, 0.25) is 6.10 Å². The number of allylic oxidation sites excluding steroid dienone is 2. The van der Waals surface area contributed by atoms with Crippen molar-refractivity contribution in [2.24, 2.45) is 16.7 Å². The number of hydrogen-bond acceptors (Lipinski definition) is 4. The van der Waals surface area contributed by atoms with Gasteiger partial charge in [-0.3, -0.25) is 4.79 Å². The average molecular weight is 467 g/mol. The van der Waals surface area contributed by atoms with E-state index in [0.29, 0.717) is 19.4 Å². The van der Waals surface area contributed by atoms with Gasteiger partial charge in [0.25, 0.3) is 0 Å². The molecule has 0 aliphatic rings. The number of carbonyl (C=O) groups excluding carboxylic acids is 2. The minimum Gasteiger partial charge on any atom is -0.463 e. The molecule has 0 radical (unpaired) electrons. The molecule has 0 N–H and O–H groups in total. The zero-order valence-corrected chi connectivity index (χ0v) is 23.1. The van der Waals surface area contributed by atoms with Crippen molar-refractivity contribution in [1.82, 2.24) is 0 Å². The molecule has 0 rings (SSSR count). The maximum atomic E-state index is 12.9. The lowest BCUT2D eigenvalue weighted by atomic mass is 9.81. The van der Waals surface area contributed by atoms with Crippen molar-refractivity contribution in [3.63, 3.8) is 0 Å². The molecule has 0 spiro atoms. The van der Waals surface area contributed by atoms with Gasteiger partial charge in [0, 0.05) is 12.3 Å². The molecule has 0 aliphatic heterocycles. The molecule has 2 unspecified atom stereocenters. The van der Waals surface area contributed by atoms with Crippen molar-refractivity contribution in [3.05, 3.63) is 12.2 Å². The Kier molecular flexibility index (Phi) is 16.5. The SMILES string of the molecule is CCCCCC[C@@H](CCCC)C(OC(=O)CCC(C)(/C=C\CC(C)(C)C)CC)C(=O)OCC. The molecule has 0 aliphatic carbocycles. The van der Waals surface area contributed by atoms with E-state index in [2.05, 4.69) is 60.6 Å². The molecule has 0 saturated heterocycles. The highest BCUT2D eigenvalue weighted by Gasteiger charge is 2.33. The second kappa shape index (κ2) is 17.2. The molecule has 0 bridgehead atoms. The Morgan fingerprint density at radius 2 is 1.52 bits per heavy atom. The molecule has 0 aromatic rings. The molecule has 4 heteroatoms. The van der Waals surface area contributed by atoms with Crippen molar-refractivity contribution in [1.29, 1.82) is 0 Å². The van der Waals surface area contributed by atoms with Gasteiger partial charge in [-0.05, 0) is 49.9 Å². The lowest BCUT2D eigenvalue weighted by Gasteiger charge is -2.27. The second-order valence-corrected chi connectivity index (χ2v) is 11.1. The van der Waals surface area contributed by atoms with E-state index in [1.165, 1.54) is 12.8 Å². The van der Waals surface area contributed by atoms with Crippen LogP contribution >= 0.6 is 0 Å². The first-order valence-corrected chi connectivity index (χ1v) is 13.6. The lowest BCUT2D eigenvalue weighted by molar-refractivity contribution is -0.172. The summed E-state index contributed by atoms with van der Waals surface area (Å²) in [6.07, 6.45) is 15.2. The van der Waals surface area contributed by atoms with E-state index >= 15 is 0 Å². The van der Waals surface area contributed by atoms with Crippen LogP contribution in [0.15, 0.2) is 12.2 Å².